The zero-order valence-corrected chi connectivity index (χ0v) is 19.0. The lowest BCUT2D eigenvalue weighted by atomic mass is 10.2. The van der Waals surface area contributed by atoms with Gasteiger partial charge < -0.3 is 10.1 Å². The third-order valence-electron chi connectivity index (χ3n) is 4.83. The Kier molecular flexibility index (Phi) is 6.62. The van der Waals surface area contributed by atoms with Crippen molar-refractivity contribution in [3.63, 3.8) is 0 Å². The molecule has 1 aromatic heterocycles. The highest BCUT2D eigenvalue weighted by Gasteiger charge is 2.28. The summed E-state index contributed by atoms with van der Waals surface area (Å²) in [5.41, 5.74) is 0.623. The van der Waals surface area contributed by atoms with Crippen LogP contribution >= 0.6 is 22.9 Å². The van der Waals surface area contributed by atoms with Crippen molar-refractivity contribution in [2.45, 2.75) is 23.5 Å². The fraction of sp³-hybridized carbons (Fsp3) is 0.227. The van der Waals surface area contributed by atoms with Gasteiger partial charge in [0.05, 0.1) is 11.4 Å². The molecular weight excluding hydrogens is 456 g/mol. The highest BCUT2D eigenvalue weighted by molar-refractivity contribution is 7.91. The number of carbonyl (C=O) groups is 1. The zero-order valence-electron chi connectivity index (χ0n) is 16.6. The molecule has 3 aromatic rings. The standard InChI is InChI=1S/C22H21ClN2O4S2/c23-19-5-1-2-6-20(19)29-17-9-7-16(8-10-17)24-21(26)15-18-11-12-22(30-18)31(27,28)25-13-3-4-14-25/h1-2,5-12H,3-4,13-15H2,(H,24,26). The van der Waals surface area contributed by atoms with E-state index in [1.807, 2.05) is 12.1 Å². The van der Waals surface area contributed by atoms with E-state index in [-0.39, 0.29) is 12.3 Å². The van der Waals surface area contributed by atoms with Crippen LogP contribution < -0.4 is 10.1 Å². The van der Waals surface area contributed by atoms with E-state index >= 15 is 0 Å². The number of amides is 1. The van der Waals surface area contributed by atoms with Crippen molar-refractivity contribution in [1.29, 1.82) is 0 Å². The lowest BCUT2D eigenvalue weighted by Gasteiger charge is -2.13. The van der Waals surface area contributed by atoms with E-state index in [9.17, 15) is 13.2 Å². The summed E-state index contributed by atoms with van der Waals surface area (Å²) in [4.78, 5) is 13.1. The van der Waals surface area contributed by atoms with Crippen molar-refractivity contribution in [3.8, 4) is 11.5 Å². The van der Waals surface area contributed by atoms with Crippen LogP contribution in [-0.4, -0.2) is 31.7 Å². The van der Waals surface area contributed by atoms with E-state index < -0.39 is 10.0 Å². The summed E-state index contributed by atoms with van der Waals surface area (Å²) >= 11 is 7.24. The summed E-state index contributed by atoms with van der Waals surface area (Å²) in [7, 11) is -3.45. The second-order valence-electron chi connectivity index (χ2n) is 7.11. The van der Waals surface area contributed by atoms with Crippen molar-refractivity contribution in [3.05, 3.63) is 70.6 Å². The molecule has 0 spiro atoms. The first-order valence-electron chi connectivity index (χ1n) is 9.83. The summed E-state index contributed by atoms with van der Waals surface area (Å²) in [6, 6.07) is 17.4. The Morgan fingerprint density at radius 2 is 1.74 bits per heavy atom. The predicted molar refractivity (Wildman–Crippen MR) is 123 cm³/mol. The number of ether oxygens (including phenoxy) is 1. The van der Waals surface area contributed by atoms with Crippen LogP contribution in [0.3, 0.4) is 0 Å². The van der Waals surface area contributed by atoms with Crippen molar-refractivity contribution in [1.82, 2.24) is 4.31 Å². The van der Waals surface area contributed by atoms with Crippen LogP contribution in [0.5, 0.6) is 11.5 Å². The number of hydrogen-bond donors (Lipinski definition) is 1. The minimum atomic E-state index is -3.45. The average molecular weight is 477 g/mol. The molecule has 0 aliphatic carbocycles. The van der Waals surface area contributed by atoms with Gasteiger partial charge in [-0.3, -0.25) is 4.79 Å². The number of sulfonamides is 1. The number of para-hydroxylation sites is 1. The number of rotatable bonds is 7. The topological polar surface area (TPSA) is 75.7 Å². The molecule has 2 aromatic carbocycles. The van der Waals surface area contributed by atoms with E-state index in [0.717, 1.165) is 24.2 Å². The van der Waals surface area contributed by atoms with Crippen molar-refractivity contribution >= 4 is 44.6 Å². The van der Waals surface area contributed by atoms with Gasteiger partial charge in [-0.2, -0.15) is 4.31 Å². The molecule has 2 heterocycles. The Balaban J connectivity index is 1.35. The number of anilines is 1. The Morgan fingerprint density at radius 3 is 2.45 bits per heavy atom. The molecule has 0 radical (unpaired) electrons. The zero-order chi connectivity index (χ0) is 21.8. The molecule has 0 atom stereocenters. The molecule has 0 unspecified atom stereocenters. The highest BCUT2D eigenvalue weighted by atomic mass is 35.5. The number of thiophene rings is 1. The molecule has 4 rings (SSSR count). The van der Waals surface area contributed by atoms with Crippen LogP contribution in [-0.2, 0) is 21.2 Å². The smallest absolute Gasteiger partial charge is 0.252 e. The van der Waals surface area contributed by atoms with Crippen molar-refractivity contribution < 1.29 is 17.9 Å². The van der Waals surface area contributed by atoms with Crippen LogP contribution in [0.25, 0.3) is 0 Å². The Morgan fingerprint density at radius 1 is 1.03 bits per heavy atom. The van der Waals surface area contributed by atoms with Crippen LogP contribution in [0.1, 0.15) is 17.7 Å². The maximum Gasteiger partial charge on any atom is 0.252 e. The fourth-order valence-corrected chi connectivity index (χ4v) is 6.47. The Hall–Kier alpha value is -2.39. The van der Waals surface area contributed by atoms with Crippen LogP contribution in [0.15, 0.2) is 64.9 Å². The van der Waals surface area contributed by atoms with Gasteiger partial charge in [-0.25, -0.2) is 8.42 Å². The molecule has 0 bridgehead atoms. The lowest BCUT2D eigenvalue weighted by Crippen LogP contribution is -2.27. The Bertz CT molecular complexity index is 1170. The molecule has 1 aliphatic rings. The minimum absolute atomic E-state index is 0.109. The summed E-state index contributed by atoms with van der Waals surface area (Å²) < 4.78 is 32.8. The van der Waals surface area contributed by atoms with Gasteiger partial charge in [-0.1, -0.05) is 23.7 Å². The molecule has 9 heteroatoms. The van der Waals surface area contributed by atoms with Gasteiger partial charge in [-0.15, -0.1) is 11.3 Å². The van der Waals surface area contributed by atoms with Crippen molar-refractivity contribution in [2.75, 3.05) is 18.4 Å². The number of hydrogen-bond acceptors (Lipinski definition) is 5. The second kappa shape index (κ2) is 9.40. The highest BCUT2D eigenvalue weighted by Crippen LogP contribution is 2.30. The molecule has 31 heavy (non-hydrogen) atoms. The first kappa shape index (κ1) is 21.8. The largest absolute Gasteiger partial charge is 0.456 e. The normalized spacial score (nSPS) is 14.5. The molecule has 6 nitrogen and oxygen atoms in total. The van der Waals surface area contributed by atoms with E-state index in [4.69, 9.17) is 16.3 Å². The first-order chi connectivity index (χ1) is 14.9. The molecule has 1 N–H and O–H groups in total. The molecule has 1 aliphatic heterocycles. The minimum Gasteiger partial charge on any atom is -0.456 e. The molecule has 0 saturated carbocycles. The summed E-state index contributed by atoms with van der Waals surface area (Å²) in [6.07, 6.45) is 1.89. The molecule has 1 amide bonds. The van der Waals surface area contributed by atoms with Crippen molar-refractivity contribution in [2.24, 2.45) is 0 Å². The van der Waals surface area contributed by atoms with E-state index in [1.165, 1.54) is 4.31 Å². The summed E-state index contributed by atoms with van der Waals surface area (Å²) in [5.74, 6) is 0.936. The summed E-state index contributed by atoms with van der Waals surface area (Å²) in [5, 5.41) is 3.34. The van der Waals surface area contributed by atoms with Gasteiger partial charge >= 0.3 is 0 Å². The maximum atomic E-state index is 12.6. The maximum absolute atomic E-state index is 12.6. The number of halogens is 1. The first-order valence-corrected chi connectivity index (χ1v) is 12.5. The number of nitrogens with zero attached hydrogens (tertiary/aromatic N) is 1. The van der Waals surface area contributed by atoms with Gasteiger partial charge in [0.1, 0.15) is 15.7 Å². The lowest BCUT2D eigenvalue weighted by molar-refractivity contribution is -0.115. The van der Waals surface area contributed by atoms with Gasteiger partial charge in [0.15, 0.2) is 0 Å². The number of benzene rings is 2. The van der Waals surface area contributed by atoms with Gasteiger partial charge in [-0.05, 0) is 61.4 Å². The van der Waals surface area contributed by atoms with Crippen LogP contribution in [0, 0.1) is 0 Å². The quantitative estimate of drug-likeness (QED) is 0.511. The Labute approximate surface area is 190 Å². The van der Waals surface area contributed by atoms with E-state index in [1.54, 1.807) is 48.5 Å². The van der Waals surface area contributed by atoms with Crippen LogP contribution in [0.4, 0.5) is 5.69 Å². The second-order valence-corrected chi connectivity index (χ2v) is 10.9. The third-order valence-corrected chi connectivity index (χ3v) is 8.60. The van der Waals surface area contributed by atoms with E-state index in [2.05, 4.69) is 5.32 Å². The SMILES string of the molecule is O=C(Cc1ccc(S(=O)(=O)N2CCCC2)s1)Nc1ccc(Oc2ccccc2Cl)cc1. The molecular formula is C22H21ClN2O4S2. The number of carbonyl (C=O) groups excluding carboxylic acids is 1. The van der Waals surface area contributed by atoms with Gasteiger partial charge in [0.25, 0.3) is 10.0 Å². The summed E-state index contributed by atoms with van der Waals surface area (Å²) in [6.45, 7) is 1.12. The van der Waals surface area contributed by atoms with Gasteiger partial charge in [0.2, 0.25) is 5.91 Å². The predicted octanol–water partition coefficient (Wildman–Crippen LogP) is 5.16. The fourth-order valence-electron chi connectivity index (χ4n) is 3.27. The monoisotopic (exact) mass is 476 g/mol. The van der Waals surface area contributed by atoms with Crippen LogP contribution in [0.2, 0.25) is 5.02 Å². The molecule has 1 fully saturated rings. The van der Waals surface area contributed by atoms with Gasteiger partial charge in [0, 0.05) is 23.7 Å². The van der Waals surface area contributed by atoms with E-state index in [0.29, 0.717) is 44.4 Å². The third kappa shape index (κ3) is 5.27. The number of nitrogens with one attached hydrogen (secondary N) is 1. The average Bonchev–Trinajstić information content (AvgIpc) is 3.44. The molecule has 1 saturated heterocycles. The molecule has 162 valence electrons.